The summed E-state index contributed by atoms with van der Waals surface area (Å²) in [6.07, 6.45) is 0. The lowest BCUT2D eigenvalue weighted by molar-refractivity contribution is 0.642. The molecule has 2 heterocycles. The predicted molar refractivity (Wildman–Crippen MR) is 208 cm³/mol. The molecule has 49 heavy (non-hydrogen) atoms. The van der Waals surface area contributed by atoms with Gasteiger partial charge in [0.1, 0.15) is 11.2 Å². The van der Waals surface area contributed by atoms with E-state index in [1.165, 1.54) is 71.2 Å². The minimum Gasteiger partial charge on any atom is -0.455 e. The Bertz CT molecular complexity index is 2900. The number of aromatic nitrogens is 1. The fourth-order valence-corrected chi connectivity index (χ4v) is 8.30. The molecular weight excluding hydrogens is 595 g/mol. The van der Waals surface area contributed by atoms with Gasteiger partial charge in [-0.3, -0.25) is 0 Å². The Morgan fingerprint density at radius 1 is 0.449 bits per heavy atom. The van der Waals surface area contributed by atoms with Gasteiger partial charge in [0.25, 0.3) is 0 Å². The van der Waals surface area contributed by atoms with Crippen LogP contribution in [0.1, 0.15) is 19.9 Å². The zero-order valence-corrected chi connectivity index (χ0v) is 27.4. The summed E-state index contributed by atoms with van der Waals surface area (Å²) < 4.78 is 9.47. The second kappa shape index (κ2) is 10.7. The van der Waals surface area contributed by atoms with E-state index in [1.807, 2.05) is 0 Å². The van der Waals surface area contributed by atoms with E-state index < -0.39 is 0 Å². The molecule has 0 amide bonds. The van der Waals surface area contributed by atoms with Crippen LogP contribution in [0.5, 0.6) is 0 Å². The van der Waals surface area contributed by atoms with E-state index in [2.05, 4.69) is 176 Å². The molecular formula is C47H33NO. The Morgan fingerprint density at radius 2 is 1.02 bits per heavy atom. The topological polar surface area (TPSA) is 18.1 Å². The lowest BCUT2D eigenvalue weighted by atomic mass is 9.87. The Hall–Kier alpha value is -6.12. The fraction of sp³-hybridized carbons (Fsp3) is 0.0638. The van der Waals surface area contributed by atoms with Crippen molar-refractivity contribution in [2.24, 2.45) is 0 Å². The SMILES string of the molecule is CC(C)n1c2ccccc2c2cccc(-c3c4ccccc4c(-c4ccc(-c5cccc6ccccc56)cc4)c4c3oc3ccccc34)c21. The largest absolute Gasteiger partial charge is 0.455 e. The third kappa shape index (κ3) is 4.07. The van der Waals surface area contributed by atoms with Gasteiger partial charge in [-0.25, -0.2) is 0 Å². The maximum absolute atomic E-state index is 6.96. The average Bonchev–Trinajstić information content (AvgIpc) is 3.70. The van der Waals surface area contributed by atoms with Crippen molar-refractivity contribution in [3.63, 3.8) is 0 Å². The molecule has 0 saturated carbocycles. The second-order valence-electron chi connectivity index (χ2n) is 13.4. The summed E-state index contributed by atoms with van der Waals surface area (Å²) in [6, 6.07) is 57.5. The molecule has 10 aromatic rings. The maximum atomic E-state index is 6.96. The molecule has 2 heteroatoms. The van der Waals surface area contributed by atoms with Gasteiger partial charge in [0.05, 0.1) is 5.52 Å². The van der Waals surface area contributed by atoms with Gasteiger partial charge in [0, 0.05) is 49.8 Å². The van der Waals surface area contributed by atoms with Crippen molar-refractivity contribution in [2.75, 3.05) is 0 Å². The summed E-state index contributed by atoms with van der Waals surface area (Å²) in [5.41, 5.74) is 11.5. The number of rotatable bonds is 4. The van der Waals surface area contributed by atoms with Crippen molar-refractivity contribution in [3.8, 4) is 33.4 Å². The summed E-state index contributed by atoms with van der Waals surface area (Å²) in [5.74, 6) is 0. The van der Waals surface area contributed by atoms with Gasteiger partial charge in [0.2, 0.25) is 0 Å². The zero-order chi connectivity index (χ0) is 32.6. The number of fused-ring (bicyclic) bond motifs is 8. The van der Waals surface area contributed by atoms with Gasteiger partial charge in [-0.2, -0.15) is 0 Å². The molecule has 2 nitrogen and oxygen atoms in total. The van der Waals surface area contributed by atoms with Crippen LogP contribution < -0.4 is 0 Å². The van der Waals surface area contributed by atoms with E-state index in [1.54, 1.807) is 0 Å². The van der Waals surface area contributed by atoms with E-state index in [-0.39, 0.29) is 6.04 Å². The van der Waals surface area contributed by atoms with Crippen LogP contribution in [0.25, 0.3) is 98.7 Å². The molecule has 2 aromatic heterocycles. The first-order valence-electron chi connectivity index (χ1n) is 17.1. The maximum Gasteiger partial charge on any atom is 0.144 e. The molecule has 0 aliphatic rings. The highest BCUT2D eigenvalue weighted by atomic mass is 16.3. The van der Waals surface area contributed by atoms with Gasteiger partial charge in [-0.15, -0.1) is 0 Å². The number of hydrogen-bond donors (Lipinski definition) is 0. The summed E-state index contributed by atoms with van der Waals surface area (Å²) in [7, 11) is 0. The summed E-state index contributed by atoms with van der Waals surface area (Å²) in [5, 5.41) is 9.77. The van der Waals surface area contributed by atoms with Crippen LogP contribution >= 0.6 is 0 Å². The molecule has 0 aliphatic carbocycles. The lowest BCUT2D eigenvalue weighted by Gasteiger charge is -2.18. The second-order valence-corrected chi connectivity index (χ2v) is 13.4. The van der Waals surface area contributed by atoms with Gasteiger partial charge in [0.15, 0.2) is 0 Å². The first kappa shape index (κ1) is 27.9. The van der Waals surface area contributed by atoms with Crippen LogP contribution in [0.15, 0.2) is 162 Å². The van der Waals surface area contributed by atoms with E-state index in [4.69, 9.17) is 4.42 Å². The molecule has 0 atom stereocenters. The summed E-state index contributed by atoms with van der Waals surface area (Å²) in [4.78, 5) is 0. The molecule has 10 rings (SSSR count). The standard InChI is InChI=1S/C47H33NO/c1-29(2)48-41-23-9-7-16-35(41)38-21-12-22-40(46(38)48)44-37-18-6-5-17-36(37)43(45-39-19-8-10-24-42(39)49-47(44)45)32-27-25-31(26-28-32)34-20-11-14-30-13-3-4-15-33(30)34/h3-29H,1-2H3. The Labute approximate surface area is 284 Å². The quantitative estimate of drug-likeness (QED) is 0.190. The van der Waals surface area contributed by atoms with Crippen LogP contribution in [0.4, 0.5) is 0 Å². The molecule has 0 fully saturated rings. The lowest BCUT2D eigenvalue weighted by Crippen LogP contribution is -2.01. The summed E-state index contributed by atoms with van der Waals surface area (Å²) >= 11 is 0. The zero-order valence-electron chi connectivity index (χ0n) is 27.4. The molecule has 0 unspecified atom stereocenters. The number of para-hydroxylation sites is 3. The highest BCUT2D eigenvalue weighted by Gasteiger charge is 2.25. The number of nitrogens with zero attached hydrogens (tertiary/aromatic N) is 1. The van der Waals surface area contributed by atoms with E-state index in [0.717, 1.165) is 27.5 Å². The van der Waals surface area contributed by atoms with Crippen molar-refractivity contribution in [3.05, 3.63) is 158 Å². The highest BCUT2D eigenvalue weighted by molar-refractivity contribution is 6.28. The van der Waals surface area contributed by atoms with Gasteiger partial charge >= 0.3 is 0 Å². The number of benzene rings is 8. The van der Waals surface area contributed by atoms with Crippen LogP contribution in [0.3, 0.4) is 0 Å². The molecule has 232 valence electrons. The van der Waals surface area contributed by atoms with Crippen LogP contribution in [0, 0.1) is 0 Å². The predicted octanol–water partition coefficient (Wildman–Crippen LogP) is 13.6. The van der Waals surface area contributed by atoms with E-state index >= 15 is 0 Å². The smallest absolute Gasteiger partial charge is 0.144 e. The molecule has 0 spiro atoms. The van der Waals surface area contributed by atoms with Crippen molar-refractivity contribution in [1.82, 2.24) is 4.57 Å². The molecule has 0 saturated heterocycles. The van der Waals surface area contributed by atoms with Crippen LogP contribution in [-0.2, 0) is 0 Å². The van der Waals surface area contributed by atoms with Crippen molar-refractivity contribution in [2.45, 2.75) is 19.9 Å². The van der Waals surface area contributed by atoms with Crippen LogP contribution in [-0.4, -0.2) is 4.57 Å². The third-order valence-corrected chi connectivity index (χ3v) is 10.3. The minimum atomic E-state index is 0.278. The van der Waals surface area contributed by atoms with Crippen molar-refractivity contribution in [1.29, 1.82) is 0 Å². The fourth-order valence-electron chi connectivity index (χ4n) is 8.30. The van der Waals surface area contributed by atoms with Gasteiger partial charge in [-0.1, -0.05) is 146 Å². The monoisotopic (exact) mass is 627 g/mol. The molecule has 8 aromatic carbocycles. The van der Waals surface area contributed by atoms with E-state index in [9.17, 15) is 0 Å². The highest BCUT2D eigenvalue weighted by Crippen LogP contribution is 2.50. The van der Waals surface area contributed by atoms with Crippen molar-refractivity contribution < 1.29 is 4.42 Å². The van der Waals surface area contributed by atoms with Gasteiger partial charge in [-0.05, 0) is 64.2 Å². The first-order chi connectivity index (χ1) is 24.2. The number of hydrogen-bond acceptors (Lipinski definition) is 1. The van der Waals surface area contributed by atoms with Gasteiger partial charge < -0.3 is 8.98 Å². The third-order valence-electron chi connectivity index (χ3n) is 10.3. The molecule has 0 N–H and O–H groups in total. The number of furan rings is 1. The van der Waals surface area contributed by atoms with Crippen molar-refractivity contribution >= 4 is 65.3 Å². The molecule has 0 radical (unpaired) electrons. The molecule has 0 aliphatic heterocycles. The Kier molecular flexibility index (Phi) is 6.10. The van der Waals surface area contributed by atoms with Crippen LogP contribution in [0.2, 0.25) is 0 Å². The molecule has 0 bridgehead atoms. The Balaban J connectivity index is 1.30. The average molecular weight is 628 g/mol. The minimum absolute atomic E-state index is 0.278. The first-order valence-corrected chi connectivity index (χ1v) is 17.1. The van der Waals surface area contributed by atoms with E-state index in [0.29, 0.717) is 0 Å². The Morgan fingerprint density at radius 3 is 1.82 bits per heavy atom. The summed E-state index contributed by atoms with van der Waals surface area (Å²) in [6.45, 7) is 4.56. The normalized spacial score (nSPS) is 12.1.